The summed E-state index contributed by atoms with van der Waals surface area (Å²) in [6, 6.07) is 9.55. The highest BCUT2D eigenvalue weighted by molar-refractivity contribution is 6.21. The van der Waals surface area contributed by atoms with Gasteiger partial charge in [0.15, 0.2) is 0 Å². The molecule has 2 heterocycles. The fourth-order valence-electron chi connectivity index (χ4n) is 6.99. The lowest BCUT2D eigenvalue weighted by Crippen LogP contribution is -2.37. The Morgan fingerprint density at radius 2 is 1.90 bits per heavy atom. The molecule has 0 radical (unpaired) electrons. The normalized spacial score (nSPS) is 23.3. The Bertz CT molecular complexity index is 1780. The summed E-state index contributed by atoms with van der Waals surface area (Å²) in [5, 5.41) is 20.9. The van der Waals surface area contributed by atoms with Gasteiger partial charge in [-0.05, 0) is 92.8 Å². The molecule has 0 fully saturated rings. The molecule has 0 bridgehead atoms. The number of aliphatic hydroxyl groups is 2. The first-order valence-corrected chi connectivity index (χ1v) is 14.4. The van der Waals surface area contributed by atoms with Gasteiger partial charge in [-0.3, -0.25) is 4.79 Å². The number of alkyl halides is 1. The molecule has 6 rings (SSSR count). The van der Waals surface area contributed by atoms with Crippen LogP contribution in [0.5, 0.6) is 0 Å². The van der Waals surface area contributed by atoms with Crippen LogP contribution in [0.25, 0.3) is 16.6 Å². The molecule has 4 aromatic rings. The molecule has 0 saturated carbocycles. The van der Waals surface area contributed by atoms with E-state index in [4.69, 9.17) is 17.3 Å². The number of rotatable bonds is 4. The maximum Gasteiger partial charge on any atom is 0.333 e. The molecule has 2 aromatic carbocycles. The third-order valence-corrected chi connectivity index (χ3v) is 9.63. The molecule has 0 amide bonds. The van der Waals surface area contributed by atoms with Crippen molar-refractivity contribution in [2.75, 3.05) is 0 Å². The van der Waals surface area contributed by atoms with E-state index in [0.29, 0.717) is 24.1 Å². The first-order valence-electron chi connectivity index (χ1n) is 14.0. The Hall–Kier alpha value is -3.24. The van der Waals surface area contributed by atoms with E-state index in [0.717, 1.165) is 45.5 Å². The Morgan fingerprint density at radius 1 is 1.17 bits per heavy atom. The first-order chi connectivity index (χ1) is 19.4. The third kappa shape index (κ3) is 4.46. The molecule has 2 aliphatic carbocycles. The molecule has 4 unspecified atom stereocenters. The lowest BCUT2D eigenvalue weighted by molar-refractivity contribution is 0.0106. The Balaban J connectivity index is 1.53. The highest BCUT2D eigenvalue weighted by Crippen LogP contribution is 2.50. The number of fused-ring (bicyclic) bond motifs is 4. The molecule has 0 aliphatic heterocycles. The van der Waals surface area contributed by atoms with Crippen molar-refractivity contribution >= 4 is 22.5 Å². The van der Waals surface area contributed by atoms with Gasteiger partial charge in [-0.15, -0.1) is 11.6 Å². The molecule has 6 N–H and O–H groups in total. The lowest BCUT2D eigenvalue weighted by atomic mass is 9.71. The van der Waals surface area contributed by atoms with Crippen LogP contribution in [0.3, 0.4) is 0 Å². The van der Waals surface area contributed by atoms with Crippen LogP contribution in [-0.4, -0.2) is 42.0 Å². The van der Waals surface area contributed by atoms with Gasteiger partial charge in [0.2, 0.25) is 0 Å². The van der Waals surface area contributed by atoms with Crippen LogP contribution in [0, 0.1) is 18.7 Å². The topological polar surface area (TPSA) is 137 Å². The van der Waals surface area contributed by atoms with Crippen LogP contribution in [0.1, 0.15) is 72.2 Å². The molecule has 10 heteroatoms. The zero-order valence-corrected chi connectivity index (χ0v) is 23.9. The van der Waals surface area contributed by atoms with Crippen molar-refractivity contribution in [3.05, 3.63) is 96.7 Å². The predicted molar refractivity (Wildman–Crippen MR) is 157 cm³/mol. The summed E-state index contributed by atoms with van der Waals surface area (Å²) >= 11 is 7.11. The number of H-pyrrole nitrogens is 2. The Morgan fingerprint density at radius 3 is 2.61 bits per heavy atom. The van der Waals surface area contributed by atoms with E-state index in [-0.39, 0.29) is 28.7 Å². The second kappa shape index (κ2) is 9.94. The maximum atomic E-state index is 14.4. The van der Waals surface area contributed by atoms with Gasteiger partial charge in [-0.1, -0.05) is 18.2 Å². The zero-order valence-electron chi connectivity index (χ0n) is 23.2. The van der Waals surface area contributed by atoms with Gasteiger partial charge in [0.25, 0.3) is 5.56 Å². The maximum absolute atomic E-state index is 14.4. The van der Waals surface area contributed by atoms with E-state index < -0.39 is 34.3 Å². The summed E-state index contributed by atoms with van der Waals surface area (Å²) in [4.78, 5) is 32.7. The molecule has 0 spiro atoms. The minimum absolute atomic E-state index is 0.0722. The number of nitrogens with two attached hydrogens (primary N) is 1. The van der Waals surface area contributed by atoms with Crippen molar-refractivity contribution in [2.45, 2.75) is 75.5 Å². The number of aliphatic hydroxyl groups excluding tert-OH is 1. The van der Waals surface area contributed by atoms with E-state index in [1.54, 1.807) is 12.1 Å². The van der Waals surface area contributed by atoms with Crippen molar-refractivity contribution in [3.63, 3.8) is 0 Å². The average Bonchev–Trinajstić information content (AvgIpc) is 3.28. The minimum atomic E-state index is -1.11. The number of nitrogens with zero attached hydrogens (tertiary/aromatic N) is 1. The summed E-state index contributed by atoms with van der Waals surface area (Å²) in [6.07, 6.45) is 1.51. The molecule has 41 heavy (non-hydrogen) atoms. The van der Waals surface area contributed by atoms with Gasteiger partial charge >= 0.3 is 5.69 Å². The fourth-order valence-corrected chi connectivity index (χ4v) is 7.44. The minimum Gasteiger partial charge on any atom is -0.390 e. The number of aromatic nitrogens is 3. The molecule has 5 atom stereocenters. The van der Waals surface area contributed by atoms with E-state index in [9.17, 15) is 24.2 Å². The van der Waals surface area contributed by atoms with Gasteiger partial charge in [0.05, 0.1) is 22.2 Å². The van der Waals surface area contributed by atoms with Crippen molar-refractivity contribution < 1.29 is 14.6 Å². The van der Waals surface area contributed by atoms with E-state index in [1.165, 1.54) is 18.2 Å². The average molecular weight is 581 g/mol. The van der Waals surface area contributed by atoms with Crippen LogP contribution in [0.15, 0.2) is 46.0 Å². The van der Waals surface area contributed by atoms with Gasteiger partial charge in [0.1, 0.15) is 12.0 Å². The first kappa shape index (κ1) is 27.9. The fraction of sp³-hybridized carbons (Fsp3) is 0.419. The highest BCUT2D eigenvalue weighted by atomic mass is 35.5. The van der Waals surface area contributed by atoms with E-state index in [1.807, 2.05) is 26.8 Å². The second-order valence-corrected chi connectivity index (χ2v) is 12.6. The number of hydrogen-bond acceptors (Lipinski definition) is 5. The summed E-state index contributed by atoms with van der Waals surface area (Å²) in [7, 11) is 0. The smallest absolute Gasteiger partial charge is 0.333 e. The molecule has 2 aliphatic rings. The number of nitrogens with one attached hydrogen (secondary N) is 2. The summed E-state index contributed by atoms with van der Waals surface area (Å²) in [6.45, 7) is 5.51. The Labute approximate surface area is 241 Å². The standard InChI is InChI=1S/C31H34ClFN4O4/c1-14-16(6-5-9-23(14)37-29(39)18-7-4-8-21(33)26(18)36-30(37)40)24-20(32)13-19(28(34)38)27-25(24)17-11-10-15(31(2,3)41)12-22(17)35-27/h4-9,15,19-20,24,28,35,38,41H,10-13,34H2,1-3H3,(H,36,40)/t15-,19?,20?,24?,28?/m0/s1. The SMILES string of the molecule is Cc1c(C2c3c([nH]c4c3CC[C@H](C(C)(C)O)C4)C(C(N)O)CC2Cl)cccc1-n1c(=O)[nH]c2c(F)cccc2c1=O. The van der Waals surface area contributed by atoms with Crippen LogP contribution in [-0.2, 0) is 12.8 Å². The summed E-state index contributed by atoms with van der Waals surface area (Å²) in [5.41, 5.74) is 9.66. The highest BCUT2D eigenvalue weighted by Gasteiger charge is 2.43. The van der Waals surface area contributed by atoms with Crippen LogP contribution < -0.4 is 17.0 Å². The van der Waals surface area contributed by atoms with Crippen molar-refractivity contribution in [1.82, 2.24) is 14.5 Å². The lowest BCUT2D eigenvalue weighted by Gasteiger charge is -2.37. The zero-order chi connectivity index (χ0) is 29.4. The molecular weight excluding hydrogens is 547 g/mol. The molecule has 8 nitrogen and oxygen atoms in total. The van der Waals surface area contributed by atoms with Gasteiger partial charge < -0.3 is 25.9 Å². The van der Waals surface area contributed by atoms with Crippen LogP contribution in [0.4, 0.5) is 4.39 Å². The second-order valence-electron chi connectivity index (χ2n) is 12.1. The van der Waals surface area contributed by atoms with Crippen LogP contribution in [0.2, 0.25) is 0 Å². The largest absolute Gasteiger partial charge is 0.390 e. The quantitative estimate of drug-likeness (QED) is 0.184. The third-order valence-electron chi connectivity index (χ3n) is 9.20. The number of hydrogen-bond donors (Lipinski definition) is 5. The van der Waals surface area contributed by atoms with E-state index in [2.05, 4.69) is 9.97 Å². The van der Waals surface area contributed by atoms with Gasteiger partial charge in [-0.2, -0.15) is 0 Å². The number of aromatic amines is 2. The molecule has 2 aromatic heterocycles. The Kier molecular flexibility index (Phi) is 6.77. The van der Waals surface area contributed by atoms with E-state index >= 15 is 0 Å². The molecule has 216 valence electrons. The number of benzene rings is 2. The number of para-hydroxylation sites is 1. The summed E-state index contributed by atoms with van der Waals surface area (Å²) in [5.74, 6) is -1.29. The van der Waals surface area contributed by atoms with Gasteiger partial charge in [0, 0.05) is 28.6 Å². The van der Waals surface area contributed by atoms with Crippen molar-refractivity contribution in [2.24, 2.45) is 11.7 Å². The van der Waals surface area contributed by atoms with Crippen molar-refractivity contribution in [3.8, 4) is 5.69 Å². The van der Waals surface area contributed by atoms with Crippen LogP contribution >= 0.6 is 11.6 Å². The molecular formula is C31H34ClFN4O4. The molecule has 0 saturated heterocycles. The van der Waals surface area contributed by atoms with Gasteiger partial charge in [-0.25, -0.2) is 13.8 Å². The monoisotopic (exact) mass is 580 g/mol. The summed E-state index contributed by atoms with van der Waals surface area (Å²) < 4.78 is 15.4. The van der Waals surface area contributed by atoms with Crippen molar-refractivity contribution in [1.29, 1.82) is 0 Å². The predicted octanol–water partition coefficient (Wildman–Crippen LogP) is 3.83. The number of halogens is 2.